The molecule has 0 spiro atoms. The maximum absolute atomic E-state index is 13.6. The van der Waals surface area contributed by atoms with Crippen LogP contribution < -0.4 is 0 Å². The lowest BCUT2D eigenvalue weighted by molar-refractivity contribution is -0.228. The Morgan fingerprint density at radius 2 is 2.07 bits per heavy atom. The number of rotatable bonds is 7. The van der Waals surface area contributed by atoms with Crippen LogP contribution in [-0.2, 0) is 20.7 Å². The summed E-state index contributed by atoms with van der Waals surface area (Å²) in [6, 6.07) is 4.72. The zero-order valence-corrected chi connectivity index (χ0v) is 16.9. The smallest absolute Gasteiger partial charge is 0.168 e. The van der Waals surface area contributed by atoms with Gasteiger partial charge in [0.25, 0.3) is 0 Å². The minimum atomic E-state index is -0.721. The number of Topliss-reactive ketones (excluding diaryl/α,β-unsaturated/α-hetero) is 1. The Bertz CT molecular complexity index is 775. The lowest BCUT2D eigenvalue weighted by Crippen LogP contribution is -2.49. The Balaban J connectivity index is 1.90. The van der Waals surface area contributed by atoms with E-state index in [-0.39, 0.29) is 12.1 Å². The highest BCUT2D eigenvalue weighted by Gasteiger charge is 2.45. The van der Waals surface area contributed by atoms with Crippen molar-refractivity contribution >= 4 is 29.0 Å². The molecule has 0 bridgehead atoms. The van der Waals surface area contributed by atoms with Gasteiger partial charge in [-0.1, -0.05) is 43.1 Å². The van der Waals surface area contributed by atoms with Crippen LogP contribution in [0.15, 0.2) is 30.9 Å². The molecule has 1 aromatic carbocycles. The van der Waals surface area contributed by atoms with Crippen molar-refractivity contribution in [3.63, 3.8) is 0 Å². The Morgan fingerprint density at radius 3 is 2.63 bits per heavy atom. The van der Waals surface area contributed by atoms with Crippen LogP contribution in [0.3, 0.4) is 0 Å². The number of hydrogen-bond acceptors (Lipinski definition) is 5. The van der Waals surface area contributed by atoms with Gasteiger partial charge in [0.05, 0.1) is 18.6 Å². The van der Waals surface area contributed by atoms with Crippen molar-refractivity contribution in [3.05, 3.63) is 46.5 Å². The van der Waals surface area contributed by atoms with Crippen molar-refractivity contribution in [1.82, 2.24) is 14.8 Å². The van der Waals surface area contributed by atoms with Crippen molar-refractivity contribution < 1.29 is 14.3 Å². The van der Waals surface area contributed by atoms with Gasteiger partial charge in [0, 0.05) is 16.5 Å². The molecule has 3 rings (SSSR count). The van der Waals surface area contributed by atoms with Gasteiger partial charge in [-0.2, -0.15) is 5.10 Å². The average Bonchev–Trinajstić information content (AvgIpc) is 3.21. The topological polar surface area (TPSA) is 66.2 Å². The summed E-state index contributed by atoms with van der Waals surface area (Å²) in [5.41, 5.74) is 0.103. The maximum Gasteiger partial charge on any atom is 0.168 e. The van der Waals surface area contributed by atoms with E-state index in [4.69, 9.17) is 32.7 Å². The predicted molar refractivity (Wildman–Crippen MR) is 103 cm³/mol. The largest absolute Gasteiger partial charge is 0.352 e. The Kier molecular flexibility index (Phi) is 6.52. The molecule has 1 aliphatic heterocycles. The third-order valence-corrected chi connectivity index (χ3v) is 5.70. The van der Waals surface area contributed by atoms with Gasteiger partial charge < -0.3 is 9.47 Å². The lowest BCUT2D eigenvalue weighted by Gasteiger charge is -2.39. The quantitative estimate of drug-likeness (QED) is 0.685. The molecule has 2 aromatic rings. The summed E-state index contributed by atoms with van der Waals surface area (Å²) in [6.07, 6.45) is 4.46. The summed E-state index contributed by atoms with van der Waals surface area (Å²) in [5, 5.41) is 5.28. The van der Waals surface area contributed by atoms with Gasteiger partial charge in [0.1, 0.15) is 18.7 Å². The standard InChI is InChI=1S/C19H23Cl2N3O3/c1-3-17-26-9-19(4-2,10-27-17)18(25)16(24-12-22-11-23-24)7-13-5-6-14(20)8-15(13)21/h5-6,8,11-12,16-17H,3-4,7,9-10H2,1-2H3. The first-order valence-corrected chi connectivity index (χ1v) is 9.80. The van der Waals surface area contributed by atoms with Gasteiger partial charge in [-0.05, 0) is 30.5 Å². The summed E-state index contributed by atoms with van der Waals surface area (Å²) in [6.45, 7) is 4.64. The molecule has 0 saturated carbocycles. The second kappa shape index (κ2) is 8.69. The Morgan fingerprint density at radius 1 is 1.33 bits per heavy atom. The monoisotopic (exact) mass is 411 g/mol. The van der Waals surface area contributed by atoms with Crippen LogP contribution in [0.4, 0.5) is 0 Å². The third-order valence-electron chi connectivity index (χ3n) is 5.11. The number of carbonyl (C=O) groups excluding carboxylic acids is 1. The molecule has 27 heavy (non-hydrogen) atoms. The van der Waals surface area contributed by atoms with E-state index in [1.54, 1.807) is 23.1 Å². The number of hydrogen-bond donors (Lipinski definition) is 0. The van der Waals surface area contributed by atoms with Crippen LogP contribution in [0.2, 0.25) is 10.0 Å². The molecular weight excluding hydrogens is 389 g/mol. The van der Waals surface area contributed by atoms with E-state index in [1.165, 1.54) is 6.33 Å². The fraction of sp³-hybridized carbons (Fsp3) is 0.526. The molecule has 2 heterocycles. The molecule has 0 radical (unpaired) electrons. The molecule has 0 amide bonds. The minimum absolute atomic E-state index is 0.0102. The maximum atomic E-state index is 13.6. The highest BCUT2D eigenvalue weighted by Crippen LogP contribution is 2.36. The average molecular weight is 412 g/mol. The van der Waals surface area contributed by atoms with Crippen molar-refractivity contribution in [3.8, 4) is 0 Å². The van der Waals surface area contributed by atoms with Gasteiger partial charge in [-0.3, -0.25) is 4.79 Å². The van der Waals surface area contributed by atoms with E-state index in [0.29, 0.717) is 36.1 Å². The summed E-state index contributed by atoms with van der Waals surface area (Å²) >= 11 is 12.3. The second-order valence-corrected chi connectivity index (χ2v) is 7.63. The first kappa shape index (κ1) is 20.3. The van der Waals surface area contributed by atoms with Crippen LogP contribution in [0.25, 0.3) is 0 Å². The van der Waals surface area contributed by atoms with Gasteiger partial charge >= 0.3 is 0 Å². The molecule has 146 valence electrons. The highest BCUT2D eigenvalue weighted by molar-refractivity contribution is 6.35. The normalized spacial score (nSPS) is 23.9. The Hall–Kier alpha value is -1.47. The summed E-state index contributed by atoms with van der Waals surface area (Å²) < 4.78 is 13.1. The van der Waals surface area contributed by atoms with Gasteiger partial charge in [0.15, 0.2) is 12.1 Å². The molecule has 0 aliphatic carbocycles. The fourth-order valence-electron chi connectivity index (χ4n) is 3.28. The van der Waals surface area contributed by atoms with Crippen molar-refractivity contribution in [2.24, 2.45) is 5.41 Å². The van der Waals surface area contributed by atoms with Crippen LogP contribution in [0, 0.1) is 5.41 Å². The molecular formula is C19H23Cl2N3O3. The summed E-state index contributed by atoms with van der Waals surface area (Å²) in [5.74, 6) is 0.0102. The molecule has 1 aliphatic rings. The van der Waals surface area contributed by atoms with Crippen molar-refractivity contribution in [1.29, 1.82) is 0 Å². The summed E-state index contributed by atoms with van der Waals surface area (Å²) in [4.78, 5) is 17.6. The minimum Gasteiger partial charge on any atom is -0.352 e. The SMILES string of the molecule is CCC1OCC(CC)(C(=O)C(Cc2ccc(Cl)cc2Cl)n2cncn2)CO1. The van der Waals surface area contributed by atoms with Crippen LogP contribution >= 0.6 is 23.2 Å². The molecule has 0 N–H and O–H groups in total. The third kappa shape index (κ3) is 4.35. The summed E-state index contributed by atoms with van der Waals surface area (Å²) in [7, 11) is 0. The van der Waals surface area contributed by atoms with Gasteiger partial charge in [-0.25, -0.2) is 9.67 Å². The highest BCUT2D eigenvalue weighted by atomic mass is 35.5. The van der Waals surface area contributed by atoms with Gasteiger partial charge in [0.2, 0.25) is 0 Å². The first-order valence-electron chi connectivity index (χ1n) is 9.04. The number of nitrogens with zero attached hydrogens (tertiary/aromatic N) is 3. The van der Waals surface area contributed by atoms with Crippen LogP contribution in [0.5, 0.6) is 0 Å². The molecule has 6 nitrogen and oxygen atoms in total. The number of halogens is 2. The van der Waals surface area contributed by atoms with E-state index >= 15 is 0 Å². The molecule has 1 fully saturated rings. The van der Waals surface area contributed by atoms with E-state index < -0.39 is 11.5 Å². The number of ether oxygens (including phenoxy) is 2. The molecule has 1 unspecified atom stereocenters. The van der Waals surface area contributed by atoms with Crippen molar-refractivity contribution in [2.75, 3.05) is 13.2 Å². The Labute approximate surface area is 168 Å². The van der Waals surface area contributed by atoms with Crippen molar-refractivity contribution in [2.45, 2.75) is 45.4 Å². The fourth-order valence-corrected chi connectivity index (χ4v) is 3.77. The molecule has 1 saturated heterocycles. The predicted octanol–water partition coefficient (Wildman–Crippen LogP) is 4.12. The van der Waals surface area contributed by atoms with E-state index in [9.17, 15) is 4.79 Å². The molecule has 1 aromatic heterocycles. The van der Waals surface area contributed by atoms with E-state index in [0.717, 1.165) is 12.0 Å². The second-order valence-electron chi connectivity index (χ2n) is 6.79. The van der Waals surface area contributed by atoms with Crippen LogP contribution in [-0.4, -0.2) is 40.1 Å². The molecule has 8 heteroatoms. The van der Waals surface area contributed by atoms with E-state index in [2.05, 4.69) is 10.1 Å². The van der Waals surface area contributed by atoms with E-state index in [1.807, 2.05) is 19.9 Å². The first-order chi connectivity index (χ1) is 13.0. The zero-order chi connectivity index (χ0) is 19.4. The molecule has 1 atom stereocenters. The number of carbonyl (C=O) groups is 1. The van der Waals surface area contributed by atoms with Crippen LogP contribution in [0.1, 0.15) is 38.3 Å². The zero-order valence-electron chi connectivity index (χ0n) is 15.4. The lowest BCUT2D eigenvalue weighted by atomic mass is 9.77. The number of aromatic nitrogens is 3. The number of benzene rings is 1. The number of ketones is 1. The van der Waals surface area contributed by atoms with Gasteiger partial charge in [-0.15, -0.1) is 0 Å².